The number of aryl methyl sites for hydroxylation is 1. The number of hydrogen-bond acceptors (Lipinski definition) is 9. The molecule has 1 aromatic heterocycles. The van der Waals surface area contributed by atoms with E-state index in [1.165, 1.54) is 0 Å². The maximum absolute atomic E-state index is 12.8. The zero-order valence-electron chi connectivity index (χ0n) is 27.9. The number of piperidine rings is 1. The van der Waals surface area contributed by atoms with Crippen LogP contribution in [0.1, 0.15) is 52.0 Å². The van der Waals surface area contributed by atoms with Crippen LogP contribution in [0, 0.1) is 11.3 Å². The van der Waals surface area contributed by atoms with Crippen molar-refractivity contribution in [2.24, 2.45) is 18.7 Å². The van der Waals surface area contributed by atoms with Crippen LogP contribution in [-0.4, -0.2) is 88.3 Å². The predicted octanol–water partition coefficient (Wildman–Crippen LogP) is 2.10. The molecule has 0 aliphatic carbocycles. The molecule has 48 heavy (non-hydrogen) atoms. The quantitative estimate of drug-likeness (QED) is 0.135. The molecule has 0 radical (unpaired) electrons. The maximum atomic E-state index is 12.8. The summed E-state index contributed by atoms with van der Waals surface area (Å²) in [6.45, 7) is 5.28. The average Bonchev–Trinajstić information content (AvgIpc) is 3.42. The van der Waals surface area contributed by atoms with Crippen LogP contribution in [0.2, 0.25) is 0 Å². The summed E-state index contributed by atoms with van der Waals surface area (Å²) in [6.07, 6.45) is 2.98. The highest BCUT2D eigenvalue weighted by Crippen LogP contribution is 2.35. The van der Waals surface area contributed by atoms with Gasteiger partial charge in [-0.1, -0.05) is 24.3 Å². The van der Waals surface area contributed by atoms with Crippen molar-refractivity contribution in [1.29, 1.82) is 5.41 Å². The summed E-state index contributed by atoms with van der Waals surface area (Å²) in [5.41, 5.74) is 8.73. The fourth-order valence-corrected chi connectivity index (χ4v) is 5.58. The Balaban J connectivity index is 1.48. The number of nitrogens with two attached hydrogens (primary N) is 1. The van der Waals surface area contributed by atoms with Gasteiger partial charge in [0.1, 0.15) is 12.1 Å². The highest BCUT2D eigenvalue weighted by atomic mass is 16.6. The summed E-state index contributed by atoms with van der Waals surface area (Å²) in [5.74, 6) is -2.38. The van der Waals surface area contributed by atoms with E-state index in [0.29, 0.717) is 42.9 Å². The molecule has 0 spiro atoms. The number of hydrogen-bond donors (Lipinski definition) is 5. The standard InChI is InChI=1S/C34H44N8O6/c1-34(2,3)48-31(47)20-39-29(45)19-38-28(44)18-37-25-7-5-6-24(22-8-9-23-17-40-41(4)26(23)16-22)32(25)33(36)21-12-14-42(15-13-21)30(46)11-10-27(35)43/h5-9,16-17,21,36-37H,10-15,18-20H2,1-4H3,(H2,35,43)(H,38,44)(H,39,45). The van der Waals surface area contributed by atoms with Gasteiger partial charge in [0.25, 0.3) is 0 Å². The second-order valence-corrected chi connectivity index (χ2v) is 12.8. The number of carbonyl (C=O) groups excluding carboxylic acids is 5. The third-order valence-corrected chi connectivity index (χ3v) is 7.97. The molecule has 4 rings (SSSR count). The van der Waals surface area contributed by atoms with Gasteiger partial charge in [0.15, 0.2) is 0 Å². The fraction of sp³-hybridized carbons (Fsp3) is 0.441. The van der Waals surface area contributed by atoms with Gasteiger partial charge in [-0.3, -0.25) is 28.7 Å². The number of likely N-dealkylation sites (tertiary alicyclic amines) is 1. The van der Waals surface area contributed by atoms with Gasteiger partial charge in [0, 0.05) is 61.2 Å². The van der Waals surface area contributed by atoms with E-state index in [4.69, 9.17) is 10.5 Å². The molecule has 6 N–H and O–H groups in total. The van der Waals surface area contributed by atoms with Crippen molar-refractivity contribution in [3.8, 4) is 11.1 Å². The van der Waals surface area contributed by atoms with Gasteiger partial charge in [-0.2, -0.15) is 5.10 Å². The summed E-state index contributed by atoms with van der Waals surface area (Å²) < 4.78 is 6.95. The first-order chi connectivity index (χ1) is 22.7. The van der Waals surface area contributed by atoms with Crippen molar-refractivity contribution in [3.63, 3.8) is 0 Å². The van der Waals surface area contributed by atoms with E-state index in [1.54, 1.807) is 42.6 Å². The zero-order chi connectivity index (χ0) is 35.0. The Hall–Kier alpha value is -5.27. The summed E-state index contributed by atoms with van der Waals surface area (Å²) in [5, 5.41) is 22.8. The summed E-state index contributed by atoms with van der Waals surface area (Å²) in [4.78, 5) is 62.3. The van der Waals surface area contributed by atoms with Gasteiger partial charge in [-0.25, -0.2) is 0 Å². The number of aromatic nitrogens is 2. The molecule has 1 aliphatic heterocycles. The molecule has 3 aromatic rings. The van der Waals surface area contributed by atoms with Crippen LogP contribution < -0.4 is 21.7 Å². The van der Waals surface area contributed by atoms with E-state index in [-0.39, 0.29) is 44.3 Å². The van der Waals surface area contributed by atoms with Gasteiger partial charge in [-0.05, 0) is 56.9 Å². The molecular weight excluding hydrogens is 616 g/mol. The number of esters is 1. The molecule has 0 saturated carbocycles. The first-order valence-electron chi connectivity index (χ1n) is 15.9. The number of nitrogens with one attached hydrogen (secondary N) is 4. The molecule has 4 amide bonds. The van der Waals surface area contributed by atoms with Crippen LogP contribution in [0.3, 0.4) is 0 Å². The van der Waals surface area contributed by atoms with Crippen molar-refractivity contribution < 1.29 is 28.7 Å². The SMILES string of the molecule is Cn1ncc2ccc(-c3cccc(NCC(=O)NCC(=O)NCC(=O)OC(C)(C)C)c3C(=N)C3CCN(C(=O)CCC(N)=O)CC3)cc21. The molecule has 0 unspecified atom stereocenters. The second kappa shape index (κ2) is 15.5. The average molecular weight is 661 g/mol. The van der Waals surface area contributed by atoms with E-state index in [9.17, 15) is 29.4 Å². The number of amides is 4. The first-order valence-corrected chi connectivity index (χ1v) is 15.9. The summed E-state index contributed by atoms with van der Waals surface area (Å²) >= 11 is 0. The molecule has 2 aromatic carbocycles. The van der Waals surface area contributed by atoms with Crippen LogP contribution in [0.4, 0.5) is 5.69 Å². The van der Waals surface area contributed by atoms with E-state index >= 15 is 0 Å². The lowest BCUT2D eigenvalue weighted by atomic mass is 9.84. The van der Waals surface area contributed by atoms with Crippen LogP contribution in [0.25, 0.3) is 22.0 Å². The second-order valence-electron chi connectivity index (χ2n) is 12.8. The normalized spacial score (nSPS) is 13.5. The van der Waals surface area contributed by atoms with Crippen molar-refractivity contribution >= 4 is 51.9 Å². The van der Waals surface area contributed by atoms with E-state index in [0.717, 1.165) is 22.0 Å². The van der Waals surface area contributed by atoms with Gasteiger partial charge in [0.05, 0.1) is 24.8 Å². The predicted molar refractivity (Wildman–Crippen MR) is 181 cm³/mol. The maximum Gasteiger partial charge on any atom is 0.325 e. The minimum Gasteiger partial charge on any atom is -0.459 e. The third kappa shape index (κ3) is 9.62. The van der Waals surface area contributed by atoms with Gasteiger partial charge in [-0.15, -0.1) is 0 Å². The summed E-state index contributed by atoms with van der Waals surface area (Å²) in [6, 6.07) is 11.6. The highest BCUT2D eigenvalue weighted by molar-refractivity contribution is 6.10. The van der Waals surface area contributed by atoms with Gasteiger partial charge >= 0.3 is 5.97 Å². The largest absolute Gasteiger partial charge is 0.459 e. The Kier molecular flexibility index (Phi) is 11.5. The Morgan fingerprint density at radius 2 is 1.67 bits per heavy atom. The lowest BCUT2D eigenvalue weighted by Crippen LogP contribution is -2.42. The van der Waals surface area contributed by atoms with Crippen molar-refractivity contribution in [1.82, 2.24) is 25.3 Å². The van der Waals surface area contributed by atoms with Crippen LogP contribution in [-0.2, 0) is 35.8 Å². The number of ether oxygens (including phenoxy) is 1. The monoisotopic (exact) mass is 660 g/mol. The van der Waals surface area contributed by atoms with Crippen molar-refractivity contribution in [2.75, 3.05) is 38.0 Å². The molecule has 0 atom stereocenters. The van der Waals surface area contributed by atoms with Crippen molar-refractivity contribution in [2.45, 2.75) is 52.1 Å². The summed E-state index contributed by atoms with van der Waals surface area (Å²) in [7, 11) is 1.86. The zero-order valence-corrected chi connectivity index (χ0v) is 27.9. The molecule has 14 heteroatoms. The molecular formula is C34H44N8O6. The Morgan fingerprint density at radius 1 is 0.979 bits per heavy atom. The van der Waals surface area contributed by atoms with Crippen LogP contribution >= 0.6 is 0 Å². The van der Waals surface area contributed by atoms with Crippen molar-refractivity contribution in [3.05, 3.63) is 48.2 Å². The lowest BCUT2D eigenvalue weighted by Gasteiger charge is -2.33. The Labute approximate surface area is 279 Å². The Bertz CT molecular complexity index is 1700. The van der Waals surface area contributed by atoms with E-state index in [1.807, 2.05) is 37.4 Å². The molecule has 1 fully saturated rings. The van der Waals surface area contributed by atoms with E-state index < -0.39 is 29.3 Å². The minimum atomic E-state index is -0.678. The van der Waals surface area contributed by atoms with Crippen LogP contribution in [0.15, 0.2) is 42.6 Å². The number of rotatable bonds is 13. The fourth-order valence-electron chi connectivity index (χ4n) is 5.58. The molecule has 14 nitrogen and oxygen atoms in total. The smallest absolute Gasteiger partial charge is 0.325 e. The van der Waals surface area contributed by atoms with Gasteiger partial charge in [0.2, 0.25) is 23.6 Å². The number of nitrogens with zero attached hydrogens (tertiary/aromatic N) is 3. The number of carbonyl (C=O) groups is 5. The van der Waals surface area contributed by atoms with Gasteiger partial charge < -0.3 is 36.7 Å². The highest BCUT2D eigenvalue weighted by Gasteiger charge is 2.29. The molecule has 256 valence electrons. The first kappa shape index (κ1) is 35.6. The molecule has 1 aliphatic rings. The number of benzene rings is 2. The lowest BCUT2D eigenvalue weighted by molar-refractivity contribution is -0.154. The third-order valence-electron chi connectivity index (χ3n) is 7.97. The topological polar surface area (TPSA) is 202 Å². The number of fused-ring (bicyclic) bond motifs is 1. The minimum absolute atomic E-state index is 0.00231. The number of anilines is 1. The molecule has 2 heterocycles. The molecule has 1 saturated heterocycles. The number of primary amides is 1. The van der Waals surface area contributed by atoms with Crippen LogP contribution in [0.5, 0.6) is 0 Å². The Morgan fingerprint density at radius 3 is 2.35 bits per heavy atom. The van der Waals surface area contributed by atoms with E-state index in [2.05, 4.69) is 21.0 Å². The molecule has 0 bridgehead atoms.